The standard InChI is InChI=1S/C8H10O/c1-2-8(9)6-5-7-3-4-7/h2,7-9H,1,3-4H2. The van der Waals surface area contributed by atoms with Gasteiger partial charge >= 0.3 is 0 Å². The van der Waals surface area contributed by atoms with Crippen LogP contribution in [0, 0.1) is 17.8 Å². The third-order valence-corrected chi connectivity index (χ3v) is 1.24. The normalized spacial score (nSPS) is 19.7. The fraction of sp³-hybridized carbons (Fsp3) is 0.500. The molecule has 0 radical (unpaired) electrons. The molecule has 1 fully saturated rings. The highest BCUT2D eigenvalue weighted by Gasteiger charge is 2.17. The lowest BCUT2D eigenvalue weighted by Crippen LogP contribution is -1.95. The molecule has 1 rings (SSSR count). The van der Waals surface area contributed by atoms with Crippen LogP contribution in [0.2, 0.25) is 0 Å². The Hall–Kier alpha value is -0.740. The van der Waals surface area contributed by atoms with Gasteiger partial charge in [0.25, 0.3) is 0 Å². The van der Waals surface area contributed by atoms with Crippen molar-refractivity contribution in [3.05, 3.63) is 12.7 Å². The Bertz CT molecular complexity index is 157. The van der Waals surface area contributed by atoms with E-state index in [1.807, 2.05) is 0 Å². The Labute approximate surface area is 55.4 Å². The van der Waals surface area contributed by atoms with Crippen LogP contribution in [0.5, 0.6) is 0 Å². The van der Waals surface area contributed by atoms with E-state index in [4.69, 9.17) is 5.11 Å². The van der Waals surface area contributed by atoms with E-state index in [9.17, 15) is 0 Å². The predicted molar refractivity (Wildman–Crippen MR) is 36.7 cm³/mol. The highest BCUT2D eigenvalue weighted by Crippen LogP contribution is 2.27. The van der Waals surface area contributed by atoms with Crippen LogP contribution in [-0.2, 0) is 0 Å². The number of aliphatic hydroxyl groups is 1. The molecule has 0 heterocycles. The monoisotopic (exact) mass is 122 g/mol. The van der Waals surface area contributed by atoms with Gasteiger partial charge in [-0.05, 0) is 12.8 Å². The maximum atomic E-state index is 8.84. The molecule has 9 heavy (non-hydrogen) atoms. The quantitative estimate of drug-likeness (QED) is 0.405. The summed E-state index contributed by atoms with van der Waals surface area (Å²) in [6.45, 7) is 3.41. The summed E-state index contributed by atoms with van der Waals surface area (Å²) in [4.78, 5) is 0. The van der Waals surface area contributed by atoms with Crippen molar-refractivity contribution < 1.29 is 5.11 Å². The molecule has 1 aliphatic rings. The third kappa shape index (κ3) is 2.34. The van der Waals surface area contributed by atoms with Crippen LogP contribution in [0.3, 0.4) is 0 Å². The van der Waals surface area contributed by atoms with Gasteiger partial charge in [-0.2, -0.15) is 0 Å². The Morgan fingerprint density at radius 2 is 2.33 bits per heavy atom. The molecule has 0 amide bonds. The fourth-order valence-corrected chi connectivity index (χ4v) is 0.490. The van der Waals surface area contributed by atoms with E-state index in [2.05, 4.69) is 18.4 Å². The summed E-state index contributed by atoms with van der Waals surface area (Å²) in [7, 11) is 0. The minimum atomic E-state index is -0.620. The van der Waals surface area contributed by atoms with E-state index in [0.717, 1.165) is 0 Å². The van der Waals surface area contributed by atoms with Gasteiger partial charge in [0.05, 0.1) is 0 Å². The Balaban J connectivity index is 2.29. The second-order valence-electron chi connectivity index (χ2n) is 2.24. The zero-order valence-electron chi connectivity index (χ0n) is 5.30. The number of hydrogen-bond donors (Lipinski definition) is 1. The van der Waals surface area contributed by atoms with E-state index < -0.39 is 6.10 Å². The molecular weight excluding hydrogens is 112 g/mol. The van der Waals surface area contributed by atoms with Crippen molar-refractivity contribution in [2.45, 2.75) is 18.9 Å². The van der Waals surface area contributed by atoms with Crippen LogP contribution in [0.1, 0.15) is 12.8 Å². The van der Waals surface area contributed by atoms with E-state index in [1.54, 1.807) is 0 Å². The van der Waals surface area contributed by atoms with Gasteiger partial charge in [0.15, 0.2) is 0 Å². The van der Waals surface area contributed by atoms with Crippen molar-refractivity contribution in [1.29, 1.82) is 0 Å². The molecule has 1 heteroatoms. The summed E-state index contributed by atoms with van der Waals surface area (Å²) in [6, 6.07) is 0. The number of rotatable bonds is 1. The van der Waals surface area contributed by atoms with Crippen molar-refractivity contribution in [3.63, 3.8) is 0 Å². The SMILES string of the molecule is C=CC(O)C#CC1CC1. The van der Waals surface area contributed by atoms with Crippen LogP contribution in [-0.4, -0.2) is 11.2 Å². The minimum Gasteiger partial charge on any atom is -0.377 e. The van der Waals surface area contributed by atoms with Gasteiger partial charge in [-0.1, -0.05) is 24.5 Å². The lowest BCUT2D eigenvalue weighted by atomic mass is 10.3. The third-order valence-electron chi connectivity index (χ3n) is 1.24. The molecule has 1 unspecified atom stereocenters. The van der Waals surface area contributed by atoms with Gasteiger partial charge in [0.1, 0.15) is 6.10 Å². The maximum absolute atomic E-state index is 8.84. The summed E-state index contributed by atoms with van der Waals surface area (Å²) < 4.78 is 0. The lowest BCUT2D eigenvalue weighted by molar-refractivity contribution is 0.281. The van der Waals surface area contributed by atoms with Crippen molar-refractivity contribution in [3.8, 4) is 11.8 Å². The molecule has 0 bridgehead atoms. The van der Waals surface area contributed by atoms with Crippen molar-refractivity contribution in [2.75, 3.05) is 0 Å². The topological polar surface area (TPSA) is 20.2 Å². The van der Waals surface area contributed by atoms with Gasteiger partial charge in [-0.25, -0.2) is 0 Å². The van der Waals surface area contributed by atoms with Gasteiger partial charge in [0.2, 0.25) is 0 Å². The summed E-state index contributed by atoms with van der Waals surface area (Å²) in [6.07, 6.45) is 3.23. The predicted octanol–water partition coefficient (Wildman–Crippen LogP) is 0.947. The molecule has 0 spiro atoms. The number of aliphatic hydroxyl groups excluding tert-OH is 1. The van der Waals surface area contributed by atoms with Crippen molar-refractivity contribution in [2.24, 2.45) is 5.92 Å². The molecule has 0 aromatic carbocycles. The molecule has 0 aromatic heterocycles. The Kier molecular flexibility index (Phi) is 1.92. The van der Waals surface area contributed by atoms with Crippen molar-refractivity contribution in [1.82, 2.24) is 0 Å². The van der Waals surface area contributed by atoms with Gasteiger partial charge in [-0.3, -0.25) is 0 Å². The summed E-state index contributed by atoms with van der Waals surface area (Å²) in [5, 5.41) is 8.84. The van der Waals surface area contributed by atoms with E-state index >= 15 is 0 Å². The molecule has 0 saturated heterocycles. The van der Waals surface area contributed by atoms with Crippen LogP contribution in [0.4, 0.5) is 0 Å². The molecule has 1 saturated carbocycles. The van der Waals surface area contributed by atoms with Crippen LogP contribution in [0.15, 0.2) is 12.7 Å². The molecule has 1 atom stereocenters. The zero-order chi connectivity index (χ0) is 6.69. The minimum absolute atomic E-state index is 0.569. The lowest BCUT2D eigenvalue weighted by Gasteiger charge is -1.87. The van der Waals surface area contributed by atoms with Crippen molar-refractivity contribution >= 4 is 0 Å². The first-order valence-electron chi connectivity index (χ1n) is 3.14. The van der Waals surface area contributed by atoms with Crippen LogP contribution < -0.4 is 0 Å². The Morgan fingerprint density at radius 1 is 1.67 bits per heavy atom. The van der Waals surface area contributed by atoms with Crippen LogP contribution >= 0.6 is 0 Å². The summed E-state index contributed by atoms with van der Waals surface area (Å²) >= 11 is 0. The van der Waals surface area contributed by atoms with Crippen LogP contribution in [0.25, 0.3) is 0 Å². The zero-order valence-corrected chi connectivity index (χ0v) is 5.30. The first-order valence-corrected chi connectivity index (χ1v) is 3.14. The second-order valence-corrected chi connectivity index (χ2v) is 2.24. The molecule has 1 nitrogen and oxygen atoms in total. The van der Waals surface area contributed by atoms with E-state index in [0.29, 0.717) is 5.92 Å². The highest BCUT2D eigenvalue weighted by atomic mass is 16.3. The molecular formula is C8H10O. The average molecular weight is 122 g/mol. The maximum Gasteiger partial charge on any atom is 0.133 e. The van der Waals surface area contributed by atoms with E-state index in [1.165, 1.54) is 18.9 Å². The first-order chi connectivity index (χ1) is 4.33. The van der Waals surface area contributed by atoms with Gasteiger partial charge in [-0.15, -0.1) is 0 Å². The number of hydrogen-bond acceptors (Lipinski definition) is 1. The smallest absolute Gasteiger partial charge is 0.133 e. The summed E-state index contributed by atoms with van der Waals surface area (Å²) in [5.74, 6) is 6.19. The highest BCUT2D eigenvalue weighted by molar-refractivity contribution is 5.15. The molecule has 48 valence electrons. The molecule has 1 N–H and O–H groups in total. The van der Waals surface area contributed by atoms with E-state index in [-0.39, 0.29) is 0 Å². The largest absolute Gasteiger partial charge is 0.377 e. The molecule has 0 aliphatic heterocycles. The molecule has 1 aliphatic carbocycles. The second kappa shape index (κ2) is 2.70. The Morgan fingerprint density at radius 3 is 2.78 bits per heavy atom. The average Bonchev–Trinajstić information content (AvgIpc) is 2.65. The fourth-order valence-electron chi connectivity index (χ4n) is 0.490. The first kappa shape index (κ1) is 6.38. The van der Waals surface area contributed by atoms with Gasteiger partial charge < -0.3 is 5.11 Å². The molecule has 0 aromatic rings. The van der Waals surface area contributed by atoms with Gasteiger partial charge in [0, 0.05) is 5.92 Å². The summed E-state index contributed by atoms with van der Waals surface area (Å²) in [5.41, 5.74) is 0.